The normalized spacial score (nSPS) is 19.5. The van der Waals surface area contributed by atoms with Gasteiger partial charge in [0.25, 0.3) is 5.91 Å². The maximum absolute atomic E-state index is 13.2. The number of benzene rings is 2. The van der Waals surface area contributed by atoms with Crippen molar-refractivity contribution in [2.45, 2.75) is 25.3 Å². The molecule has 1 N–H and O–H groups in total. The third-order valence-electron chi connectivity index (χ3n) is 6.57. The topological polar surface area (TPSA) is 128 Å². The minimum atomic E-state index is -1.35. The van der Waals surface area contributed by atoms with Crippen LogP contribution in [0.25, 0.3) is 22.4 Å². The smallest absolute Gasteiger partial charge is 0.254 e. The predicted molar refractivity (Wildman–Crippen MR) is 121 cm³/mol. The van der Waals surface area contributed by atoms with E-state index in [-0.39, 0.29) is 18.9 Å². The van der Waals surface area contributed by atoms with E-state index in [1.807, 2.05) is 18.2 Å². The van der Waals surface area contributed by atoms with Gasteiger partial charge in [-0.25, -0.2) is 0 Å². The summed E-state index contributed by atoms with van der Waals surface area (Å²) in [6.07, 6.45) is -0.120. The molecule has 176 valence electrons. The number of nitrogens with one attached hydrogen (secondary N) is 1. The van der Waals surface area contributed by atoms with Gasteiger partial charge in [-0.2, -0.15) is 0 Å². The van der Waals surface area contributed by atoms with Crippen molar-refractivity contribution in [3.8, 4) is 17.2 Å². The molecular weight excluding hydrogens is 452 g/mol. The van der Waals surface area contributed by atoms with Gasteiger partial charge in [0, 0.05) is 36.5 Å². The van der Waals surface area contributed by atoms with Gasteiger partial charge in [-0.3, -0.25) is 19.7 Å². The molecule has 10 heteroatoms. The van der Waals surface area contributed by atoms with E-state index in [0.29, 0.717) is 46.5 Å². The second-order valence-electron chi connectivity index (χ2n) is 8.81. The van der Waals surface area contributed by atoms with Crippen molar-refractivity contribution in [3.05, 3.63) is 65.2 Å². The average Bonchev–Trinajstić information content (AvgIpc) is 3.60. The lowest BCUT2D eigenvalue weighted by molar-refractivity contribution is -0.127. The van der Waals surface area contributed by atoms with E-state index in [1.54, 1.807) is 36.1 Å². The van der Waals surface area contributed by atoms with E-state index in [0.717, 1.165) is 10.9 Å². The first-order chi connectivity index (χ1) is 16.9. The summed E-state index contributed by atoms with van der Waals surface area (Å²) in [5, 5.41) is 11.0. The van der Waals surface area contributed by atoms with Crippen LogP contribution in [0, 0.1) is 6.92 Å². The van der Waals surface area contributed by atoms with Crippen LogP contribution in [0.5, 0.6) is 5.75 Å². The Labute approximate surface area is 198 Å². The highest BCUT2D eigenvalue weighted by atomic mass is 16.5. The summed E-state index contributed by atoms with van der Waals surface area (Å²) in [7, 11) is 1.54. The van der Waals surface area contributed by atoms with Crippen LogP contribution in [0.4, 0.5) is 0 Å². The van der Waals surface area contributed by atoms with Crippen molar-refractivity contribution in [3.63, 3.8) is 0 Å². The summed E-state index contributed by atoms with van der Waals surface area (Å²) < 4.78 is 16.9. The summed E-state index contributed by atoms with van der Waals surface area (Å²) in [5.74, 6) is 0.550. The maximum atomic E-state index is 13.2. The van der Waals surface area contributed by atoms with Gasteiger partial charge < -0.3 is 18.5 Å². The molecule has 6 rings (SSSR count). The largest absolute Gasteiger partial charge is 0.497 e. The highest BCUT2D eigenvalue weighted by molar-refractivity contribution is 6.10. The monoisotopic (exact) mass is 472 g/mol. The molecule has 2 aliphatic heterocycles. The molecule has 2 aromatic carbocycles. The van der Waals surface area contributed by atoms with Crippen molar-refractivity contribution in [2.24, 2.45) is 0 Å². The lowest BCUT2D eigenvalue weighted by Crippen LogP contribution is -2.46. The first-order valence-corrected chi connectivity index (χ1v) is 11.0. The fourth-order valence-electron chi connectivity index (χ4n) is 4.78. The number of aromatic nitrogens is 2. The fraction of sp³-hybridized carbons (Fsp3) is 0.240. The molecule has 10 nitrogen and oxygen atoms in total. The number of aryl methyl sites for hydroxylation is 1. The number of hydrogen-bond acceptors (Lipinski definition) is 8. The first kappa shape index (κ1) is 21.1. The van der Waals surface area contributed by atoms with Crippen molar-refractivity contribution >= 4 is 28.7 Å². The van der Waals surface area contributed by atoms with Crippen molar-refractivity contribution in [2.75, 3.05) is 13.7 Å². The van der Waals surface area contributed by atoms with Crippen LogP contribution in [-0.2, 0) is 21.5 Å². The summed E-state index contributed by atoms with van der Waals surface area (Å²) in [6.45, 7) is 2.02. The van der Waals surface area contributed by atoms with Crippen molar-refractivity contribution in [1.29, 1.82) is 0 Å². The van der Waals surface area contributed by atoms with Gasteiger partial charge in [0.15, 0.2) is 0 Å². The molecular formula is C25H20N4O6. The molecule has 0 unspecified atom stereocenters. The molecule has 2 aromatic heterocycles. The van der Waals surface area contributed by atoms with Gasteiger partial charge in [0.05, 0.1) is 13.5 Å². The van der Waals surface area contributed by atoms with Crippen LogP contribution in [-0.4, -0.2) is 46.5 Å². The zero-order chi connectivity index (χ0) is 24.3. The average molecular weight is 472 g/mol. The van der Waals surface area contributed by atoms with Crippen LogP contribution in [0.1, 0.15) is 34.0 Å². The third kappa shape index (κ3) is 3.29. The van der Waals surface area contributed by atoms with E-state index in [4.69, 9.17) is 13.6 Å². The molecule has 1 fully saturated rings. The molecule has 2 aliphatic rings. The summed E-state index contributed by atoms with van der Waals surface area (Å²) in [6, 6.07) is 12.4. The van der Waals surface area contributed by atoms with E-state index >= 15 is 0 Å². The summed E-state index contributed by atoms with van der Waals surface area (Å²) >= 11 is 0. The minimum absolute atomic E-state index is 0.00403. The Hall–Kier alpha value is -4.47. The number of imide groups is 1. The fourth-order valence-corrected chi connectivity index (χ4v) is 4.78. The number of furan rings is 1. The molecule has 4 heterocycles. The van der Waals surface area contributed by atoms with E-state index in [2.05, 4.69) is 15.5 Å². The lowest BCUT2D eigenvalue weighted by Gasteiger charge is -2.28. The number of hydrogen-bond donors (Lipinski definition) is 1. The number of fused-ring (bicyclic) bond motifs is 2. The number of methoxy groups -OCH3 is 1. The molecule has 1 atom stereocenters. The van der Waals surface area contributed by atoms with Gasteiger partial charge in [0.2, 0.25) is 23.6 Å². The second-order valence-corrected chi connectivity index (χ2v) is 8.81. The molecule has 0 saturated carbocycles. The lowest BCUT2D eigenvalue weighted by atomic mass is 9.82. The van der Waals surface area contributed by atoms with Gasteiger partial charge >= 0.3 is 0 Å². The minimum Gasteiger partial charge on any atom is -0.497 e. The molecule has 0 radical (unpaired) electrons. The van der Waals surface area contributed by atoms with Crippen molar-refractivity contribution in [1.82, 2.24) is 20.4 Å². The Morgan fingerprint density at radius 3 is 2.66 bits per heavy atom. The Morgan fingerprint density at radius 1 is 1.09 bits per heavy atom. The maximum Gasteiger partial charge on any atom is 0.254 e. The highest BCUT2D eigenvalue weighted by Gasteiger charge is 2.53. The van der Waals surface area contributed by atoms with E-state index < -0.39 is 17.2 Å². The zero-order valence-corrected chi connectivity index (χ0v) is 19.0. The van der Waals surface area contributed by atoms with Crippen LogP contribution < -0.4 is 10.1 Å². The number of carbonyl (C=O) groups is 3. The quantitative estimate of drug-likeness (QED) is 0.439. The second kappa shape index (κ2) is 7.52. The number of rotatable bonds is 5. The Balaban J connectivity index is 1.38. The van der Waals surface area contributed by atoms with Gasteiger partial charge in [-0.05, 0) is 35.9 Å². The predicted octanol–water partition coefficient (Wildman–Crippen LogP) is 2.74. The van der Waals surface area contributed by atoms with Crippen LogP contribution in [0.15, 0.2) is 51.3 Å². The Kier molecular flexibility index (Phi) is 4.53. The summed E-state index contributed by atoms with van der Waals surface area (Å²) in [5.41, 5.74) is 1.17. The van der Waals surface area contributed by atoms with Gasteiger partial charge in [0.1, 0.15) is 22.5 Å². The van der Waals surface area contributed by atoms with Crippen molar-refractivity contribution < 1.29 is 28.0 Å². The number of carbonyl (C=O) groups excluding carboxylic acids is 3. The Morgan fingerprint density at radius 2 is 1.94 bits per heavy atom. The van der Waals surface area contributed by atoms with E-state index in [9.17, 15) is 14.4 Å². The van der Waals surface area contributed by atoms with Gasteiger partial charge in [-0.1, -0.05) is 12.1 Å². The first-order valence-electron chi connectivity index (χ1n) is 11.0. The number of amides is 3. The number of ether oxygens (including phenoxy) is 1. The molecule has 1 saturated heterocycles. The Bertz CT molecular complexity index is 1540. The molecule has 3 amide bonds. The standard InChI is InChI=1S/C25H20N4O6/c1-13-27-28-22(34-13)15-4-3-14-8-20(35-19(14)7-15)25(10-21(30)26-24(25)32)12-29-11-16-5-6-17(33-2)9-18(16)23(29)31/h3-9H,10-12H2,1-2H3,(H,26,30,32)/t25-/m1/s1. The number of nitrogens with zero attached hydrogens (tertiary/aromatic N) is 3. The highest BCUT2D eigenvalue weighted by Crippen LogP contribution is 2.39. The van der Waals surface area contributed by atoms with Crippen LogP contribution >= 0.6 is 0 Å². The van der Waals surface area contributed by atoms with E-state index in [1.165, 1.54) is 7.11 Å². The van der Waals surface area contributed by atoms with Crippen LogP contribution in [0.2, 0.25) is 0 Å². The molecule has 0 aliphatic carbocycles. The molecule has 35 heavy (non-hydrogen) atoms. The van der Waals surface area contributed by atoms with Gasteiger partial charge in [-0.15, -0.1) is 10.2 Å². The molecule has 0 spiro atoms. The SMILES string of the molecule is COc1ccc2c(c1)C(=O)N(C[C@@]1(c3cc4ccc(-c5nnc(C)o5)cc4o3)CC(=O)NC1=O)C2. The third-order valence-corrected chi connectivity index (χ3v) is 6.57. The molecule has 4 aromatic rings. The van der Waals surface area contributed by atoms with Crippen LogP contribution in [0.3, 0.4) is 0 Å². The zero-order valence-electron chi connectivity index (χ0n) is 19.0. The summed E-state index contributed by atoms with van der Waals surface area (Å²) in [4.78, 5) is 40.3. The molecule has 0 bridgehead atoms.